The molecular formula is C14H27NO2. The van der Waals surface area contributed by atoms with Gasteiger partial charge in [-0.15, -0.1) is 0 Å². The number of hydrogen-bond acceptors (Lipinski definition) is 3. The number of hydrogen-bond donors (Lipinski definition) is 0. The second-order valence-corrected chi connectivity index (χ2v) is 6.94. The lowest BCUT2D eigenvalue weighted by molar-refractivity contribution is 0.00121. The molecule has 0 aromatic rings. The van der Waals surface area contributed by atoms with Gasteiger partial charge in [0.1, 0.15) is 0 Å². The summed E-state index contributed by atoms with van der Waals surface area (Å²) in [6, 6.07) is 0. The monoisotopic (exact) mass is 241 g/mol. The molecule has 0 unspecified atom stereocenters. The van der Waals surface area contributed by atoms with Crippen molar-refractivity contribution in [3.8, 4) is 0 Å². The fourth-order valence-corrected chi connectivity index (χ4v) is 2.33. The van der Waals surface area contributed by atoms with Gasteiger partial charge in [-0.05, 0) is 18.3 Å². The van der Waals surface area contributed by atoms with Gasteiger partial charge in [0.2, 0.25) is 0 Å². The standard InChI is InChI=1S/C14H27NO2/c1-13(2,3)11-17-12-14(4-5-14)10-15-6-8-16-9-7-15/h4-12H2,1-3H3. The first-order valence-corrected chi connectivity index (χ1v) is 6.87. The Labute approximate surface area is 105 Å². The van der Waals surface area contributed by atoms with E-state index in [1.807, 2.05) is 0 Å². The van der Waals surface area contributed by atoms with Crippen LogP contribution in [0, 0.1) is 10.8 Å². The molecule has 0 N–H and O–H groups in total. The van der Waals surface area contributed by atoms with Crippen molar-refractivity contribution in [1.29, 1.82) is 0 Å². The topological polar surface area (TPSA) is 21.7 Å². The third-order valence-corrected chi connectivity index (χ3v) is 3.56. The maximum absolute atomic E-state index is 5.91. The van der Waals surface area contributed by atoms with Crippen LogP contribution in [0.5, 0.6) is 0 Å². The third-order valence-electron chi connectivity index (χ3n) is 3.56. The lowest BCUT2D eigenvalue weighted by Gasteiger charge is -2.31. The summed E-state index contributed by atoms with van der Waals surface area (Å²) in [6.45, 7) is 13.7. The zero-order valence-corrected chi connectivity index (χ0v) is 11.6. The van der Waals surface area contributed by atoms with Gasteiger partial charge >= 0.3 is 0 Å². The lowest BCUT2D eigenvalue weighted by Crippen LogP contribution is -2.41. The maximum Gasteiger partial charge on any atom is 0.0594 e. The highest BCUT2D eigenvalue weighted by Gasteiger charge is 2.44. The van der Waals surface area contributed by atoms with Gasteiger partial charge in [0.05, 0.1) is 26.4 Å². The van der Waals surface area contributed by atoms with E-state index >= 15 is 0 Å². The smallest absolute Gasteiger partial charge is 0.0594 e. The Hall–Kier alpha value is -0.120. The van der Waals surface area contributed by atoms with Crippen molar-refractivity contribution < 1.29 is 9.47 Å². The van der Waals surface area contributed by atoms with Gasteiger partial charge in [-0.1, -0.05) is 20.8 Å². The first-order valence-electron chi connectivity index (χ1n) is 6.87. The average molecular weight is 241 g/mol. The third kappa shape index (κ3) is 4.57. The molecule has 100 valence electrons. The van der Waals surface area contributed by atoms with Gasteiger partial charge in [0.25, 0.3) is 0 Å². The molecule has 0 aromatic carbocycles. The minimum atomic E-state index is 0.287. The molecule has 3 heteroatoms. The maximum atomic E-state index is 5.91. The van der Waals surface area contributed by atoms with E-state index in [0.29, 0.717) is 5.41 Å². The first kappa shape index (κ1) is 13.3. The largest absolute Gasteiger partial charge is 0.380 e. The van der Waals surface area contributed by atoms with Crippen LogP contribution in [0.4, 0.5) is 0 Å². The lowest BCUT2D eigenvalue weighted by atomic mass is 9.98. The minimum Gasteiger partial charge on any atom is -0.380 e. The van der Waals surface area contributed by atoms with E-state index in [1.165, 1.54) is 19.4 Å². The van der Waals surface area contributed by atoms with E-state index in [2.05, 4.69) is 25.7 Å². The highest BCUT2D eigenvalue weighted by atomic mass is 16.5. The Kier molecular flexibility index (Phi) is 4.11. The van der Waals surface area contributed by atoms with Crippen LogP contribution in [0.15, 0.2) is 0 Å². The molecule has 2 aliphatic rings. The fourth-order valence-electron chi connectivity index (χ4n) is 2.33. The second kappa shape index (κ2) is 5.25. The van der Waals surface area contributed by atoms with Gasteiger partial charge in [-0.2, -0.15) is 0 Å². The molecule has 1 aliphatic heterocycles. The molecule has 3 nitrogen and oxygen atoms in total. The van der Waals surface area contributed by atoms with E-state index in [0.717, 1.165) is 39.5 Å². The number of nitrogens with zero attached hydrogens (tertiary/aromatic N) is 1. The predicted molar refractivity (Wildman–Crippen MR) is 69.2 cm³/mol. The Balaban J connectivity index is 1.68. The van der Waals surface area contributed by atoms with Crippen LogP contribution in [0.3, 0.4) is 0 Å². The van der Waals surface area contributed by atoms with Crippen molar-refractivity contribution in [2.45, 2.75) is 33.6 Å². The minimum absolute atomic E-state index is 0.287. The highest BCUT2D eigenvalue weighted by molar-refractivity contribution is 4.96. The number of rotatable bonds is 5. The zero-order chi connectivity index (χ0) is 12.4. The van der Waals surface area contributed by atoms with Crippen LogP contribution >= 0.6 is 0 Å². The molecule has 0 spiro atoms. The van der Waals surface area contributed by atoms with Gasteiger partial charge in [-0.3, -0.25) is 4.90 Å². The summed E-state index contributed by atoms with van der Waals surface area (Å²) in [5, 5.41) is 0. The van der Waals surface area contributed by atoms with E-state index in [4.69, 9.17) is 9.47 Å². The SMILES string of the molecule is CC(C)(C)COCC1(CN2CCOCC2)CC1. The molecule has 0 amide bonds. The number of morpholine rings is 1. The molecule has 17 heavy (non-hydrogen) atoms. The van der Waals surface area contributed by atoms with Gasteiger partial charge in [0, 0.05) is 25.0 Å². The van der Waals surface area contributed by atoms with Crippen molar-refractivity contribution in [1.82, 2.24) is 4.90 Å². The van der Waals surface area contributed by atoms with Crippen molar-refractivity contribution in [3.63, 3.8) is 0 Å². The summed E-state index contributed by atoms with van der Waals surface area (Å²) >= 11 is 0. The molecule has 2 rings (SSSR count). The Morgan fingerprint density at radius 2 is 1.82 bits per heavy atom. The summed E-state index contributed by atoms with van der Waals surface area (Å²) < 4.78 is 11.3. The van der Waals surface area contributed by atoms with E-state index in [-0.39, 0.29) is 5.41 Å². The normalized spacial score (nSPS) is 24.9. The molecule has 0 bridgehead atoms. The van der Waals surface area contributed by atoms with Crippen molar-refractivity contribution >= 4 is 0 Å². The molecule has 0 atom stereocenters. The summed E-state index contributed by atoms with van der Waals surface area (Å²) in [4.78, 5) is 2.54. The fraction of sp³-hybridized carbons (Fsp3) is 1.00. The van der Waals surface area contributed by atoms with Crippen molar-refractivity contribution in [2.24, 2.45) is 10.8 Å². The Morgan fingerprint density at radius 3 is 2.35 bits per heavy atom. The van der Waals surface area contributed by atoms with Gasteiger partial charge in [-0.25, -0.2) is 0 Å². The van der Waals surface area contributed by atoms with Crippen LogP contribution in [-0.4, -0.2) is 51.0 Å². The average Bonchev–Trinajstić information content (AvgIpc) is 2.97. The van der Waals surface area contributed by atoms with Crippen LogP contribution in [0.2, 0.25) is 0 Å². The molecule has 1 heterocycles. The second-order valence-electron chi connectivity index (χ2n) is 6.94. The zero-order valence-electron chi connectivity index (χ0n) is 11.6. The summed E-state index contributed by atoms with van der Waals surface area (Å²) in [6.07, 6.45) is 2.68. The van der Waals surface area contributed by atoms with Crippen LogP contribution in [0.1, 0.15) is 33.6 Å². The molecular weight excluding hydrogens is 214 g/mol. The summed E-state index contributed by atoms with van der Waals surface area (Å²) in [7, 11) is 0. The van der Waals surface area contributed by atoms with Crippen molar-refractivity contribution in [2.75, 3.05) is 46.1 Å². The van der Waals surface area contributed by atoms with Crippen LogP contribution in [-0.2, 0) is 9.47 Å². The molecule has 1 saturated carbocycles. The molecule has 1 saturated heterocycles. The molecule has 0 radical (unpaired) electrons. The predicted octanol–water partition coefficient (Wildman–Crippen LogP) is 2.16. The molecule has 1 aliphatic carbocycles. The van der Waals surface area contributed by atoms with E-state index in [1.54, 1.807) is 0 Å². The van der Waals surface area contributed by atoms with E-state index < -0.39 is 0 Å². The Bertz CT molecular complexity index is 237. The van der Waals surface area contributed by atoms with E-state index in [9.17, 15) is 0 Å². The number of ether oxygens (including phenoxy) is 2. The van der Waals surface area contributed by atoms with Crippen LogP contribution < -0.4 is 0 Å². The van der Waals surface area contributed by atoms with Gasteiger partial charge < -0.3 is 9.47 Å². The summed E-state index contributed by atoms with van der Waals surface area (Å²) in [5.74, 6) is 0. The quantitative estimate of drug-likeness (QED) is 0.736. The van der Waals surface area contributed by atoms with Gasteiger partial charge in [0.15, 0.2) is 0 Å². The summed E-state index contributed by atoms with van der Waals surface area (Å²) in [5.41, 5.74) is 0.762. The van der Waals surface area contributed by atoms with Crippen LogP contribution in [0.25, 0.3) is 0 Å². The van der Waals surface area contributed by atoms with Crippen molar-refractivity contribution in [3.05, 3.63) is 0 Å². The molecule has 0 aromatic heterocycles. The molecule has 2 fully saturated rings. The first-order chi connectivity index (χ1) is 7.99. The highest BCUT2D eigenvalue weighted by Crippen LogP contribution is 2.46. The Morgan fingerprint density at radius 1 is 1.18 bits per heavy atom.